The fourth-order valence-corrected chi connectivity index (χ4v) is 3.07. The first-order valence-electron chi connectivity index (χ1n) is 7.43. The fraction of sp³-hybridized carbons (Fsp3) is 0.235. The standard InChI is InChI=1S/C17H17ClN2O4S/c1-24-16(22)9-13(14-6-3-7-25-14)20-15(21)10-19-17(23)11-4-2-5-12(18)8-11/h2-8,13H,9-10H2,1H3,(H,19,23)(H,20,21). The number of methoxy groups -OCH3 is 1. The van der Waals surface area contributed by atoms with E-state index in [1.54, 1.807) is 18.2 Å². The Morgan fingerprint density at radius 2 is 2.04 bits per heavy atom. The van der Waals surface area contributed by atoms with Crippen molar-refractivity contribution < 1.29 is 19.1 Å². The number of hydrogen-bond donors (Lipinski definition) is 2. The number of amides is 2. The van der Waals surface area contributed by atoms with Crippen molar-refractivity contribution in [3.05, 3.63) is 57.2 Å². The van der Waals surface area contributed by atoms with Gasteiger partial charge in [-0.25, -0.2) is 0 Å². The van der Waals surface area contributed by atoms with Crippen LogP contribution in [0.5, 0.6) is 0 Å². The predicted octanol–water partition coefficient (Wildman–Crippen LogP) is 2.55. The van der Waals surface area contributed by atoms with Gasteiger partial charge in [0.1, 0.15) is 0 Å². The summed E-state index contributed by atoms with van der Waals surface area (Å²) in [6.45, 7) is -0.214. The number of carbonyl (C=O) groups is 3. The summed E-state index contributed by atoms with van der Waals surface area (Å²) in [7, 11) is 1.29. The number of rotatable bonds is 7. The van der Waals surface area contributed by atoms with Crippen LogP contribution in [0.4, 0.5) is 0 Å². The van der Waals surface area contributed by atoms with Gasteiger partial charge in [0, 0.05) is 15.5 Å². The quantitative estimate of drug-likeness (QED) is 0.723. The SMILES string of the molecule is COC(=O)CC(NC(=O)CNC(=O)c1cccc(Cl)c1)c1cccs1. The van der Waals surface area contributed by atoms with E-state index in [9.17, 15) is 14.4 Å². The number of esters is 1. The summed E-state index contributed by atoms with van der Waals surface area (Å²) < 4.78 is 4.66. The third-order valence-electron chi connectivity index (χ3n) is 3.32. The number of hydrogen-bond acceptors (Lipinski definition) is 5. The molecule has 1 heterocycles. The molecule has 0 bridgehead atoms. The Labute approximate surface area is 154 Å². The summed E-state index contributed by atoms with van der Waals surface area (Å²) in [6.07, 6.45) is 0.0188. The van der Waals surface area contributed by atoms with Crippen molar-refractivity contribution in [2.24, 2.45) is 0 Å². The van der Waals surface area contributed by atoms with Gasteiger partial charge in [0.2, 0.25) is 5.91 Å². The van der Waals surface area contributed by atoms with Gasteiger partial charge in [-0.1, -0.05) is 23.7 Å². The lowest BCUT2D eigenvalue weighted by Gasteiger charge is -2.16. The van der Waals surface area contributed by atoms with Crippen molar-refractivity contribution in [2.75, 3.05) is 13.7 Å². The molecule has 1 unspecified atom stereocenters. The molecule has 0 aliphatic heterocycles. The zero-order chi connectivity index (χ0) is 18.2. The lowest BCUT2D eigenvalue weighted by molar-refractivity contribution is -0.141. The van der Waals surface area contributed by atoms with E-state index in [-0.39, 0.29) is 13.0 Å². The van der Waals surface area contributed by atoms with E-state index in [0.29, 0.717) is 10.6 Å². The maximum absolute atomic E-state index is 12.1. The van der Waals surface area contributed by atoms with Crippen LogP contribution in [0.2, 0.25) is 5.02 Å². The molecule has 2 rings (SSSR count). The summed E-state index contributed by atoms with van der Waals surface area (Å²) in [5.74, 6) is -1.24. The Kier molecular flexibility index (Phi) is 6.97. The molecule has 2 amide bonds. The van der Waals surface area contributed by atoms with Gasteiger partial charge in [0.15, 0.2) is 0 Å². The second kappa shape index (κ2) is 9.19. The van der Waals surface area contributed by atoms with Crippen LogP contribution < -0.4 is 10.6 Å². The number of ether oxygens (including phenoxy) is 1. The van der Waals surface area contributed by atoms with Crippen molar-refractivity contribution >= 4 is 40.7 Å². The number of nitrogens with one attached hydrogen (secondary N) is 2. The maximum Gasteiger partial charge on any atom is 0.307 e. The first kappa shape index (κ1) is 19.0. The van der Waals surface area contributed by atoms with E-state index in [2.05, 4.69) is 15.4 Å². The minimum Gasteiger partial charge on any atom is -0.469 e. The Morgan fingerprint density at radius 1 is 1.24 bits per heavy atom. The maximum atomic E-state index is 12.1. The van der Waals surface area contributed by atoms with E-state index < -0.39 is 23.8 Å². The third kappa shape index (κ3) is 5.88. The van der Waals surface area contributed by atoms with Crippen LogP contribution in [0.15, 0.2) is 41.8 Å². The highest BCUT2D eigenvalue weighted by atomic mass is 35.5. The smallest absolute Gasteiger partial charge is 0.307 e. The summed E-state index contributed by atoms with van der Waals surface area (Å²) in [4.78, 5) is 36.5. The number of benzene rings is 1. The van der Waals surface area contributed by atoms with Crippen molar-refractivity contribution in [1.29, 1.82) is 0 Å². The van der Waals surface area contributed by atoms with E-state index >= 15 is 0 Å². The van der Waals surface area contributed by atoms with Crippen LogP contribution in [0.1, 0.15) is 27.7 Å². The van der Waals surface area contributed by atoms with Crippen LogP contribution >= 0.6 is 22.9 Å². The molecule has 1 aromatic carbocycles. The molecule has 6 nitrogen and oxygen atoms in total. The largest absolute Gasteiger partial charge is 0.469 e. The normalized spacial score (nSPS) is 11.4. The Hall–Kier alpha value is -2.38. The van der Waals surface area contributed by atoms with Gasteiger partial charge in [0.05, 0.1) is 26.1 Å². The minimum atomic E-state index is -0.497. The van der Waals surface area contributed by atoms with Gasteiger partial charge in [-0.3, -0.25) is 14.4 Å². The van der Waals surface area contributed by atoms with Crippen LogP contribution in [-0.2, 0) is 14.3 Å². The van der Waals surface area contributed by atoms with Crippen LogP contribution in [-0.4, -0.2) is 31.4 Å². The highest BCUT2D eigenvalue weighted by Crippen LogP contribution is 2.22. The van der Waals surface area contributed by atoms with Crippen molar-refractivity contribution in [1.82, 2.24) is 10.6 Å². The van der Waals surface area contributed by atoms with Gasteiger partial charge >= 0.3 is 5.97 Å². The second-order valence-electron chi connectivity index (χ2n) is 5.11. The summed E-state index contributed by atoms with van der Waals surface area (Å²) in [5, 5.41) is 7.55. The summed E-state index contributed by atoms with van der Waals surface area (Å²) in [5.41, 5.74) is 0.365. The molecular formula is C17H17ClN2O4S. The summed E-state index contributed by atoms with van der Waals surface area (Å²) in [6, 6.07) is 9.58. The molecule has 0 radical (unpaired) electrons. The molecule has 0 aliphatic carbocycles. The zero-order valence-corrected chi connectivity index (χ0v) is 15.0. The first-order chi connectivity index (χ1) is 12.0. The zero-order valence-electron chi connectivity index (χ0n) is 13.5. The van der Waals surface area contributed by atoms with Crippen LogP contribution in [0.3, 0.4) is 0 Å². The molecule has 2 aromatic rings. The summed E-state index contributed by atoms with van der Waals surface area (Å²) >= 11 is 7.26. The molecule has 25 heavy (non-hydrogen) atoms. The molecule has 0 spiro atoms. The lowest BCUT2D eigenvalue weighted by Crippen LogP contribution is -2.39. The minimum absolute atomic E-state index is 0.0188. The van der Waals surface area contributed by atoms with Crippen molar-refractivity contribution in [2.45, 2.75) is 12.5 Å². The predicted molar refractivity (Wildman–Crippen MR) is 95.6 cm³/mol. The molecule has 0 fully saturated rings. The monoisotopic (exact) mass is 380 g/mol. The Bertz CT molecular complexity index is 749. The second-order valence-corrected chi connectivity index (χ2v) is 6.52. The molecule has 0 saturated carbocycles. The van der Waals surface area contributed by atoms with Crippen LogP contribution in [0, 0.1) is 0 Å². The molecule has 0 aliphatic rings. The average molecular weight is 381 g/mol. The number of halogens is 1. The molecule has 132 valence electrons. The highest BCUT2D eigenvalue weighted by molar-refractivity contribution is 7.10. The topological polar surface area (TPSA) is 84.5 Å². The lowest BCUT2D eigenvalue weighted by atomic mass is 10.1. The molecule has 1 aromatic heterocycles. The third-order valence-corrected chi connectivity index (χ3v) is 4.54. The Balaban J connectivity index is 1.92. The van der Waals surface area contributed by atoms with Crippen molar-refractivity contribution in [3.63, 3.8) is 0 Å². The van der Waals surface area contributed by atoms with Crippen molar-refractivity contribution in [3.8, 4) is 0 Å². The molecular weight excluding hydrogens is 364 g/mol. The highest BCUT2D eigenvalue weighted by Gasteiger charge is 2.20. The molecule has 2 N–H and O–H groups in total. The first-order valence-corrected chi connectivity index (χ1v) is 8.68. The number of carbonyl (C=O) groups excluding carboxylic acids is 3. The molecule has 1 atom stereocenters. The van der Waals surface area contributed by atoms with Crippen LogP contribution in [0.25, 0.3) is 0 Å². The van der Waals surface area contributed by atoms with E-state index in [1.807, 2.05) is 17.5 Å². The molecule has 8 heteroatoms. The van der Waals surface area contributed by atoms with Gasteiger partial charge in [-0.15, -0.1) is 11.3 Å². The van der Waals surface area contributed by atoms with Gasteiger partial charge in [-0.05, 0) is 29.6 Å². The fourth-order valence-electron chi connectivity index (χ4n) is 2.10. The molecule has 0 saturated heterocycles. The van der Waals surface area contributed by atoms with E-state index in [1.165, 1.54) is 24.5 Å². The Morgan fingerprint density at radius 3 is 2.68 bits per heavy atom. The van der Waals surface area contributed by atoms with E-state index in [4.69, 9.17) is 11.6 Å². The van der Waals surface area contributed by atoms with Gasteiger partial charge in [-0.2, -0.15) is 0 Å². The number of thiophene rings is 1. The van der Waals surface area contributed by atoms with Gasteiger partial charge in [0.25, 0.3) is 5.91 Å². The van der Waals surface area contributed by atoms with Gasteiger partial charge < -0.3 is 15.4 Å². The average Bonchev–Trinajstić information content (AvgIpc) is 3.13. The van der Waals surface area contributed by atoms with E-state index in [0.717, 1.165) is 4.88 Å².